The van der Waals surface area contributed by atoms with Crippen LogP contribution in [0.1, 0.15) is 15.9 Å². The van der Waals surface area contributed by atoms with E-state index >= 15 is 0 Å². The SMILES string of the molecule is COC(=O)c1cc(Br)cc2c1N(C)CC2. The Hall–Kier alpha value is -1.03. The molecule has 2 rings (SSSR count). The lowest BCUT2D eigenvalue weighted by Crippen LogP contribution is -2.16. The minimum absolute atomic E-state index is 0.277. The zero-order valence-corrected chi connectivity index (χ0v) is 10.3. The first kappa shape index (κ1) is 10.5. The highest BCUT2D eigenvalue weighted by Gasteiger charge is 2.24. The Morgan fingerprint density at radius 1 is 1.53 bits per heavy atom. The van der Waals surface area contributed by atoms with Crippen molar-refractivity contribution in [2.75, 3.05) is 25.6 Å². The molecule has 0 aliphatic carbocycles. The quantitative estimate of drug-likeness (QED) is 0.733. The van der Waals surface area contributed by atoms with E-state index in [-0.39, 0.29) is 5.97 Å². The number of carbonyl (C=O) groups excluding carboxylic acids is 1. The van der Waals surface area contributed by atoms with E-state index in [4.69, 9.17) is 4.74 Å². The van der Waals surface area contributed by atoms with Crippen LogP contribution in [0.4, 0.5) is 5.69 Å². The van der Waals surface area contributed by atoms with Crippen molar-refractivity contribution < 1.29 is 9.53 Å². The lowest BCUT2D eigenvalue weighted by Gasteiger charge is -2.15. The van der Waals surface area contributed by atoms with E-state index in [2.05, 4.69) is 26.9 Å². The number of ether oxygens (including phenoxy) is 1. The largest absolute Gasteiger partial charge is 0.465 e. The normalized spacial score (nSPS) is 13.9. The third-order valence-corrected chi connectivity index (χ3v) is 3.12. The first-order valence-electron chi connectivity index (χ1n) is 4.75. The molecule has 0 spiro atoms. The van der Waals surface area contributed by atoms with Crippen LogP contribution in [0.15, 0.2) is 16.6 Å². The van der Waals surface area contributed by atoms with Crippen molar-refractivity contribution in [3.8, 4) is 0 Å². The molecule has 4 heteroatoms. The van der Waals surface area contributed by atoms with E-state index in [9.17, 15) is 4.79 Å². The molecule has 1 aliphatic rings. The number of methoxy groups -OCH3 is 1. The van der Waals surface area contributed by atoms with Gasteiger partial charge in [0.15, 0.2) is 0 Å². The number of likely N-dealkylation sites (N-methyl/N-ethyl adjacent to an activating group) is 1. The summed E-state index contributed by atoms with van der Waals surface area (Å²) in [5.74, 6) is -0.277. The van der Waals surface area contributed by atoms with E-state index in [1.165, 1.54) is 12.7 Å². The molecule has 0 amide bonds. The summed E-state index contributed by atoms with van der Waals surface area (Å²) in [5.41, 5.74) is 2.85. The van der Waals surface area contributed by atoms with Gasteiger partial charge in [-0.25, -0.2) is 4.79 Å². The number of anilines is 1. The van der Waals surface area contributed by atoms with E-state index < -0.39 is 0 Å². The molecule has 0 N–H and O–H groups in total. The second kappa shape index (κ2) is 3.85. The Balaban J connectivity index is 2.58. The van der Waals surface area contributed by atoms with Crippen LogP contribution in [-0.4, -0.2) is 26.7 Å². The van der Waals surface area contributed by atoms with Crippen LogP contribution >= 0.6 is 15.9 Å². The fourth-order valence-corrected chi connectivity index (χ4v) is 2.47. The molecule has 3 nitrogen and oxygen atoms in total. The predicted molar refractivity (Wildman–Crippen MR) is 62.5 cm³/mol. The molecular formula is C11H12BrNO2. The number of esters is 1. The van der Waals surface area contributed by atoms with Gasteiger partial charge >= 0.3 is 5.97 Å². The summed E-state index contributed by atoms with van der Waals surface area (Å²) >= 11 is 3.41. The molecule has 1 aromatic carbocycles. The number of hydrogen-bond acceptors (Lipinski definition) is 3. The van der Waals surface area contributed by atoms with Crippen LogP contribution < -0.4 is 4.90 Å². The van der Waals surface area contributed by atoms with Gasteiger partial charge < -0.3 is 9.64 Å². The Labute approximate surface area is 97.2 Å². The van der Waals surface area contributed by atoms with Crippen LogP contribution in [0.25, 0.3) is 0 Å². The summed E-state index contributed by atoms with van der Waals surface area (Å²) in [6.45, 7) is 0.954. The van der Waals surface area contributed by atoms with Crippen LogP contribution in [0.5, 0.6) is 0 Å². The zero-order chi connectivity index (χ0) is 11.0. The fourth-order valence-electron chi connectivity index (χ4n) is 1.96. The lowest BCUT2D eigenvalue weighted by molar-refractivity contribution is 0.0601. The fraction of sp³-hybridized carbons (Fsp3) is 0.364. The summed E-state index contributed by atoms with van der Waals surface area (Å²) in [4.78, 5) is 13.7. The average molecular weight is 270 g/mol. The second-order valence-corrected chi connectivity index (χ2v) is 4.54. The van der Waals surface area contributed by atoms with Gasteiger partial charge in [0.1, 0.15) is 0 Å². The molecule has 0 bridgehead atoms. The molecule has 80 valence electrons. The minimum Gasteiger partial charge on any atom is -0.465 e. The highest BCUT2D eigenvalue weighted by molar-refractivity contribution is 9.10. The maximum Gasteiger partial charge on any atom is 0.340 e. The van der Waals surface area contributed by atoms with E-state index in [1.54, 1.807) is 0 Å². The maximum absolute atomic E-state index is 11.6. The van der Waals surface area contributed by atoms with Crippen molar-refractivity contribution in [2.45, 2.75) is 6.42 Å². The highest BCUT2D eigenvalue weighted by atomic mass is 79.9. The Kier molecular flexibility index (Phi) is 2.69. The molecule has 0 atom stereocenters. The molecule has 0 saturated heterocycles. The monoisotopic (exact) mass is 269 g/mol. The van der Waals surface area contributed by atoms with E-state index in [0.29, 0.717) is 5.56 Å². The zero-order valence-electron chi connectivity index (χ0n) is 8.71. The van der Waals surface area contributed by atoms with Crippen LogP contribution in [-0.2, 0) is 11.2 Å². The standard InChI is InChI=1S/C11H12BrNO2/c1-13-4-3-7-5-8(12)6-9(10(7)13)11(14)15-2/h5-6H,3-4H2,1-2H3. The Bertz CT molecular complexity index is 417. The summed E-state index contributed by atoms with van der Waals surface area (Å²) in [5, 5.41) is 0. The van der Waals surface area contributed by atoms with Crippen LogP contribution in [0, 0.1) is 0 Å². The maximum atomic E-state index is 11.6. The number of nitrogens with zero attached hydrogens (tertiary/aromatic N) is 1. The number of halogens is 1. The summed E-state index contributed by atoms with van der Waals surface area (Å²) < 4.78 is 5.71. The third kappa shape index (κ3) is 1.74. The molecule has 1 aromatic rings. The first-order chi connectivity index (χ1) is 7.13. The van der Waals surface area contributed by atoms with Gasteiger partial charge in [0, 0.05) is 18.1 Å². The molecule has 0 aromatic heterocycles. The van der Waals surface area contributed by atoms with Gasteiger partial charge in [-0.2, -0.15) is 0 Å². The molecule has 15 heavy (non-hydrogen) atoms. The Morgan fingerprint density at radius 3 is 2.93 bits per heavy atom. The highest BCUT2D eigenvalue weighted by Crippen LogP contribution is 2.34. The van der Waals surface area contributed by atoms with Crippen molar-refractivity contribution in [1.29, 1.82) is 0 Å². The predicted octanol–water partition coefficient (Wildman–Crippen LogP) is 2.23. The molecule has 0 unspecified atom stereocenters. The third-order valence-electron chi connectivity index (χ3n) is 2.66. The van der Waals surface area contributed by atoms with Gasteiger partial charge in [-0.1, -0.05) is 15.9 Å². The van der Waals surface area contributed by atoms with Crippen molar-refractivity contribution in [1.82, 2.24) is 0 Å². The topological polar surface area (TPSA) is 29.5 Å². The van der Waals surface area contributed by atoms with Gasteiger partial charge in [-0.15, -0.1) is 0 Å². The van der Waals surface area contributed by atoms with Gasteiger partial charge in [-0.3, -0.25) is 0 Å². The summed E-state index contributed by atoms with van der Waals surface area (Å²) in [6.07, 6.45) is 0.981. The molecular weight excluding hydrogens is 258 g/mol. The molecule has 0 fully saturated rings. The smallest absolute Gasteiger partial charge is 0.340 e. The minimum atomic E-state index is -0.277. The first-order valence-corrected chi connectivity index (χ1v) is 5.54. The van der Waals surface area contributed by atoms with Crippen LogP contribution in [0.3, 0.4) is 0 Å². The summed E-state index contributed by atoms with van der Waals surface area (Å²) in [6, 6.07) is 3.87. The number of rotatable bonds is 1. The average Bonchev–Trinajstić information content (AvgIpc) is 2.58. The van der Waals surface area contributed by atoms with Gasteiger partial charge in [0.05, 0.1) is 18.4 Å². The number of hydrogen-bond donors (Lipinski definition) is 0. The van der Waals surface area contributed by atoms with Gasteiger partial charge in [0.2, 0.25) is 0 Å². The summed E-state index contributed by atoms with van der Waals surface area (Å²) in [7, 11) is 3.40. The molecule has 0 radical (unpaired) electrons. The molecule has 0 saturated carbocycles. The number of fused-ring (bicyclic) bond motifs is 1. The lowest BCUT2D eigenvalue weighted by atomic mass is 10.1. The Morgan fingerprint density at radius 2 is 2.27 bits per heavy atom. The second-order valence-electron chi connectivity index (χ2n) is 3.62. The van der Waals surface area contributed by atoms with E-state index in [1.807, 2.05) is 13.1 Å². The van der Waals surface area contributed by atoms with Crippen molar-refractivity contribution in [3.05, 3.63) is 27.7 Å². The van der Waals surface area contributed by atoms with Crippen molar-refractivity contribution >= 4 is 27.6 Å². The molecule has 1 heterocycles. The van der Waals surface area contributed by atoms with Crippen molar-refractivity contribution in [3.63, 3.8) is 0 Å². The van der Waals surface area contributed by atoms with Crippen molar-refractivity contribution in [2.24, 2.45) is 0 Å². The van der Waals surface area contributed by atoms with Gasteiger partial charge in [0.25, 0.3) is 0 Å². The number of benzene rings is 1. The van der Waals surface area contributed by atoms with Crippen LogP contribution in [0.2, 0.25) is 0 Å². The van der Waals surface area contributed by atoms with Gasteiger partial charge in [-0.05, 0) is 24.1 Å². The molecule has 1 aliphatic heterocycles. The number of carbonyl (C=O) groups is 1. The van der Waals surface area contributed by atoms with E-state index in [0.717, 1.165) is 23.1 Å².